The molecule has 0 N–H and O–H groups in total. The van der Waals surface area contributed by atoms with Gasteiger partial charge in [0.25, 0.3) is 0 Å². The van der Waals surface area contributed by atoms with Crippen LogP contribution < -0.4 is 4.90 Å². The van der Waals surface area contributed by atoms with Crippen molar-refractivity contribution in [3.8, 4) is 22.3 Å². The van der Waals surface area contributed by atoms with Crippen molar-refractivity contribution < 1.29 is 0 Å². The van der Waals surface area contributed by atoms with Crippen molar-refractivity contribution in [2.45, 2.75) is 0 Å². The lowest BCUT2D eigenvalue weighted by atomic mass is 9.96. The van der Waals surface area contributed by atoms with Crippen LogP contribution in [0.4, 0.5) is 17.1 Å². The lowest BCUT2D eigenvalue weighted by Crippen LogP contribution is -2.11. The van der Waals surface area contributed by atoms with Gasteiger partial charge in [0.2, 0.25) is 0 Å². The zero-order chi connectivity index (χ0) is 32.3. The lowest BCUT2D eigenvalue weighted by molar-refractivity contribution is 1.29. The number of nitrogens with zero attached hydrogens (tertiary/aromatic N) is 1. The highest BCUT2D eigenvalue weighted by molar-refractivity contribution is 7.27. The van der Waals surface area contributed by atoms with E-state index in [0.717, 1.165) is 17.1 Å². The van der Waals surface area contributed by atoms with Crippen LogP contribution in [0.1, 0.15) is 0 Å². The maximum absolute atomic E-state index is 2.42. The third-order valence-electron chi connectivity index (χ3n) is 9.67. The minimum atomic E-state index is 1.12. The van der Waals surface area contributed by atoms with Gasteiger partial charge in [0, 0.05) is 62.7 Å². The molecule has 0 aliphatic heterocycles. The molecule has 0 aliphatic rings. The Kier molecular flexibility index (Phi) is 6.61. The molecule has 230 valence electrons. The molecule has 0 unspecified atom stereocenters. The summed E-state index contributed by atoms with van der Waals surface area (Å²) >= 11 is 3.76. The second kappa shape index (κ2) is 11.5. The standard InChI is InChI=1S/C46H29NS2/c1-2-11-30(12-3-1)35-14-4-7-18-41(35)47(34-26-28-39-37-15-5-8-19-42(37)48-44(39)29-34)33-24-21-31(22-25-33)36-17-10-13-32-23-27-40-38-16-6-9-20-43(38)49-46(40)45(32)36/h1-29H. The third-order valence-corrected chi connectivity index (χ3v) is 12.0. The molecule has 0 atom stereocenters. The van der Waals surface area contributed by atoms with Gasteiger partial charge in [-0.2, -0.15) is 0 Å². The second-order valence-electron chi connectivity index (χ2n) is 12.5. The first-order chi connectivity index (χ1) is 24.3. The van der Waals surface area contributed by atoms with Crippen molar-refractivity contribution >= 4 is 90.9 Å². The largest absolute Gasteiger partial charge is 0.310 e. The molecule has 0 amide bonds. The van der Waals surface area contributed by atoms with E-state index >= 15 is 0 Å². The minimum Gasteiger partial charge on any atom is -0.310 e. The zero-order valence-electron chi connectivity index (χ0n) is 26.5. The summed E-state index contributed by atoms with van der Waals surface area (Å²) in [5, 5.41) is 7.89. The van der Waals surface area contributed by atoms with Gasteiger partial charge in [-0.1, -0.05) is 133 Å². The highest BCUT2D eigenvalue weighted by atomic mass is 32.1. The Bertz CT molecular complexity index is 2830. The van der Waals surface area contributed by atoms with Gasteiger partial charge in [-0.15, -0.1) is 22.7 Å². The van der Waals surface area contributed by atoms with Crippen LogP contribution in [-0.2, 0) is 0 Å². The highest BCUT2D eigenvalue weighted by Gasteiger charge is 2.19. The van der Waals surface area contributed by atoms with Gasteiger partial charge in [-0.25, -0.2) is 0 Å². The molecule has 2 aromatic heterocycles. The van der Waals surface area contributed by atoms with Crippen LogP contribution in [-0.4, -0.2) is 0 Å². The predicted octanol–water partition coefficient (Wildman–Crippen LogP) is 14.4. The number of para-hydroxylation sites is 1. The summed E-state index contributed by atoms with van der Waals surface area (Å²) in [6.07, 6.45) is 0. The molecule has 0 saturated heterocycles. The summed E-state index contributed by atoms with van der Waals surface area (Å²) in [4.78, 5) is 2.42. The molecule has 1 nitrogen and oxygen atoms in total. The number of anilines is 3. The van der Waals surface area contributed by atoms with E-state index in [1.165, 1.54) is 73.4 Å². The van der Waals surface area contributed by atoms with Crippen LogP contribution in [0.15, 0.2) is 176 Å². The van der Waals surface area contributed by atoms with Crippen molar-refractivity contribution in [1.82, 2.24) is 0 Å². The average Bonchev–Trinajstić information content (AvgIpc) is 3.74. The van der Waals surface area contributed by atoms with Crippen molar-refractivity contribution in [1.29, 1.82) is 0 Å². The van der Waals surface area contributed by atoms with Gasteiger partial charge in [-0.3, -0.25) is 0 Å². The second-order valence-corrected chi connectivity index (χ2v) is 14.6. The summed E-state index contributed by atoms with van der Waals surface area (Å²) in [6, 6.07) is 64.3. The van der Waals surface area contributed by atoms with Gasteiger partial charge >= 0.3 is 0 Å². The Balaban J connectivity index is 1.16. The van der Waals surface area contributed by atoms with E-state index < -0.39 is 0 Å². The van der Waals surface area contributed by atoms with Crippen LogP contribution in [0, 0.1) is 0 Å². The maximum Gasteiger partial charge on any atom is 0.0540 e. The molecule has 0 saturated carbocycles. The van der Waals surface area contributed by atoms with E-state index in [1.807, 2.05) is 22.7 Å². The van der Waals surface area contributed by atoms with Crippen LogP contribution in [0.5, 0.6) is 0 Å². The Morgan fingerprint density at radius 3 is 1.82 bits per heavy atom. The Labute approximate surface area is 292 Å². The number of benzene rings is 8. The number of thiophene rings is 2. The summed E-state index contributed by atoms with van der Waals surface area (Å²) in [6.45, 7) is 0. The fourth-order valence-electron chi connectivity index (χ4n) is 7.39. The fraction of sp³-hybridized carbons (Fsp3) is 0. The van der Waals surface area contributed by atoms with E-state index in [9.17, 15) is 0 Å². The fourth-order valence-corrected chi connectivity index (χ4v) is 9.81. The number of hydrogen-bond donors (Lipinski definition) is 0. The van der Waals surface area contributed by atoms with Crippen LogP contribution >= 0.6 is 22.7 Å². The van der Waals surface area contributed by atoms with E-state index in [0.29, 0.717) is 0 Å². The maximum atomic E-state index is 2.42. The van der Waals surface area contributed by atoms with Gasteiger partial charge < -0.3 is 4.90 Å². The van der Waals surface area contributed by atoms with Gasteiger partial charge in [0.15, 0.2) is 0 Å². The minimum absolute atomic E-state index is 1.12. The predicted molar refractivity (Wildman–Crippen MR) is 215 cm³/mol. The van der Waals surface area contributed by atoms with Crippen LogP contribution in [0.3, 0.4) is 0 Å². The Morgan fingerprint density at radius 2 is 0.980 bits per heavy atom. The molecule has 2 heterocycles. The molecular formula is C46H29NS2. The topological polar surface area (TPSA) is 3.24 Å². The van der Waals surface area contributed by atoms with Gasteiger partial charge in [-0.05, 0) is 64.5 Å². The SMILES string of the molecule is c1ccc(-c2ccccc2N(c2ccc(-c3cccc4ccc5c6ccccc6sc5c34)cc2)c2ccc3c(c2)sc2ccccc23)cc1. The summed E-state index contributed by atoms with van der Waals surface area (Å²) < 4.78 is 5.30. The molecule has 8 aromatic carbocycles. The smallest absolute Gasteiger partial charge is 0.0540 e. The van der Waals surface area contributed by atoms with Crippen molar-refractivity contribution in [2.24, 2.45) is 0 Å². The molecule has 0 spiro atoms. The number of fused-ring (bicyclic) bond motifs is 8. The molecule has 3 heteroatoms. The molecule has 49 heavy (non-hydrogen) atoms. The van der Waals surface area contributed by atoms with Crippen LogP contribution in [0.2, 0.25) is 0 Å². The van der Waals surface area contributed by atoms with Crippen molar-refractivity contribution in [3.63, 3.8) is 0 Å². The first-order valence-electron chi connectivity index (χ1n) is 16.6. The van der Waals surface area contributed by atoms with Crippen molar-refractivity contribution in [3.05, 3.63) is 176 Å². The highest BCUT2D eigenvalue weighted by Crippen LogP contribution is 2.45. The molecular weight excluding hydrogens is 631 g/mol. The lowest BCUT2D eigenvalue weighted by Gasteiger charge is -2.28. The van der Waals surface area contributed by atoms with Gasteiger partial charge in [0.1, 0.15) is 0 Å². The van der Waals surface area contributed by atoms with Crippen molar-refractivity contribution in [2.75, 3.05) is 4.90 Å². The Hall–Kier alpha value is -5.74. The van der Waals surface area contributed by atoms with E-state index in [1.54, 1.807) is 0 Å². The Morgan fingerprint density at radius 1 is 0.367 bits per heavy atom. The molecule has 0 radical (unpaired) electrons. The first kappa shape index (κ1) is 28.3. The molecule has 10 rings (SSSR count). The summed E-state index contributed by atoms with van der Waals surface area (Å²) in [7, 11) is 0. The average molecular weight is 660 g/mol. The molecule has 0 aliphatic carbocycles. The molecule has 10 aromatic rings. The van der Waals surface area contributed by atoms with E-state index in [2.05, 4.69) is 181 Å². The summed E-state index contributed by atoms with van der Waals surface area (Å²) in [5.41, 5.74) is 8.31. The monoisotopic (exact) mass is 659 g/mol. The van der Waals surface area contributed by atoms with Gasteiger partial charge in [0.05, 0.1) is 5.69 Å². The summed E-state index contributed by atoms with van der Waals surface area (Å²) in [5.74, 6) is 0. The molecule has 0 bridgehead atoms. The van der Waals surface area contributed by atoms with Crippen LogP contribution in [0.25, 0.3) is 73.4 Å². The first-order valence-corrected chi connectivity index (χ1v) is 18.2. The number of rotatable bonds is 5. The van der Waals surface area contributed by atoms with E-state index in [-0.39, 0.29) is 0 Å². The quantitative estimate of drug-likeness (QED) is 0.178. The van der Waals surface area contributed by atoms with E-state index in [4.69, 9.17) is 0 Å². The third kappa shape index (κ3) is 4.66. The number of hydrogen-bond acceptors (Lipinski definition) is 3. The normalized spacial score (nSPS) is 11.7. The molecule has 0 fully saturated rings. The zero-order valence-corrected chi connectivity index (χ0v) is 28.1.